The van der Waals surface area contributed by atoms with Gasteiger partial charge in [0, 0.05) is 12.1 Å². The van der Waals surface area contributed by atoms with Gasteiger partial charge in [-0.25, -0.2) is 18.4 Å². The molecular weight excluding hydrogens is 324 g/mol. The number of carboxylic acids is 1. The van der Waals surface area contributed by atoms with E-state index < -0.39 is 27.9 Å². The molecule has 0 radical (unpaired) electrons. The summed E-state index contributed by atoms with van der Waals surface area (Å²) < 4.78 is 28.4. The van der Waals surface area contributed by atoms with E-state index in [1.807, 2.05) is 0 Å². The maximum atomic E-state index is 12.6. The van der Waals surface area contributed by atoms with E-state index in [9.17, 15) is 23.1 Å². The fourth-order valence-electron chi connectivity index (χ4n) is 2.46. The minimum Gasteiger partial charge on any atom is -0.480 e. The van der Waals surface area contributed by atoms with Crippen LogP contribution in [0, 0.1) is 13.8 Å². The van der Waals surface area contributed by atoms with Crippen LogP contribution >= 0.6 is 0 Å². The van der Waals surface area contributed by atoms with E-state index >= 15 is 0 Å². The highest BCUT2D eigenvalue weighted by Crippen LogP contribution is 2.22. The molecule has 1 saturated heterocycles. The molecule has 0 aliphatic carbocycles. The number of sulfonamides is 1. The topological polar surface area (TPSA) is 127 Å². The number of aryl methyl sites for hydroxylation is 1. The molecule has 8 nitrogen and oxygen atoms in total. The van der Waals surface area contributed by atoms with Crippen molar-refractivity contribution in [3.63, 3.8) is 0 Å². The van der Waals surface area contributed by atoms with Gasteiger partial charge in [-0.15, -0.1) is 0 Å². The van der Waals surface area contributed by atoms with Crippen molar-refractivity contribution in [2.24, 2.45) is 5.14 Å². The number of aliphatic carboxylic acids is 1. The van der Waals surface area contributed by atoms with Gasteiger partial charge in [-0.2, -0.15) is 0 Å². The number of benzene rings is 1. The second-order valence-corrected chi connectivity index (χ2v) is 6.92. The predicted molar refractivity (Wildman–Crippen MR) is 80.6 cm³/mol. The van der Waals surface area contributed by atoms with Crippen molar-refractivity contribution in [1.29, 1.82) is 0 Å². The Morgan fingerprint density at radius 3 is 2.57 bits per heavy atom. The zero-order valence-electron chi connectivity index (χ0n) is 12.8. The van der Waals surface area contributed by atoms with E-state index in [1.165, 1.54) is 17.0 Å². The van der Waals surface area contributed by atoms with Gasteiger partial charge in [-0.05, 0) is 37.1 Å². The maximum absolute atomic E-state index is 12.6. The highest BCUT2D eigenvalue weighted by atomic mass is 32.2. The molecule has 0 aromatic heterocycles. The quantitative estimate of drug-likeness (QED) is 0.788. The minimum absolute atomic E-state index is 0.0882. The summed E-state index contributed by atoms with van der Waals surface area (Å²) in [7, 11) is -3.98. The number of hydrogen-bond acceptors (Lipinski definition) is 5. The first kappa shape index (κ1) is 17.4. The third-order valence-corrected chi connectivity index (χ3v) is 4.88. The van der Waals surface area contributed by atoms with Gasteiger partial charge in [0.25, 0.3) is 5.91 Å². The number of carbonyl (C=O) groups is 2. The molecule has 1 aromatic rings. The summed E-state index contributed by atoms with van der Waals surface area (Å²) in [6, 6.07) is 1.62. The van der Waals surface area contributed by atoms with Crippen LogP contribution in [0.4, 0.5) is 0 Å². The van der Waals surface area contributed by atoms with Gasteiger partial charge >= 0.3 is 5.97 Å². The summed E-state index contributed by atoms with van der Waals surface area (Å²) in [4.78, 5) is 24.9. The van der Waals surface area contributed by atoms with Crippen LogP contribution < -0.4 is 5.14 Å². The number of carbonyl (C=O) groups excluding carboxylic acids is 1. The zero-order chi connectivity index (χ0) is 17.4. The van der Waals surface area contributed by atoms with Crippen molar-refractivity contribution < 1.29 is 27.9 Å². The molecule has 1 aromatic carbocycles. The number of amides is 1. The van der Waals surface area contributed by atoms with Crippen LogP contribution in [0.2, 0.25) is 0 Å². The lowest BCUT2D eigenvalue weighted by molar-refractivity contribution is -0.147. The van der Waals surface area contributed by atoms with Crippen LogP contribution in [0.15, 0.2) is 17.0 Å². The molecule has 0 unspecified atom stereocenters. The number of hydrogen-bond donors (Lipinski definition) is 2. The molecule has 1 aliphatic rings. The molecule has 1 aliphatic heterocycles. The van der Waals surface area contributed by atoms with Gasteiger partial charge in [0.15, 0.2) is 6.04 Å². The summed E-state index contributed by atoms with van der Waals surface area (Å²) in [6.45, 7) is 3.50. The standard InChI is InChI=1S/C14H18N2O6S/c1-8-5-10(6-12(9(8)2)23(15,20)21)13(17)16-3-4-22-7-11(16)14(18)19/h5-6,11H,3-4,7H2,1-2H3,(H,18,19)(H2,15,20,21)/t11-/m1/s1. The van der Waals surface area contributed by atoms with Gasteiger partial charge in [0.1, 0.15) is 0 Å². The number of nitrogens with two attached hydrogens (primary N) is 1. The van der Waals surface area contributed by atoms with E-state index in [1.54, 1.807) is 13.8 Å². The van der Waals surface area contributed by atoms with Crippen molar-refractivity contribution in [3.05, 3.63) is 28.8 Å². The highest BCUT2D eigenvalue weighted by Gasteiger charge is 2.33. The number of ether oxygens (including phenoxy) is 1. The number of primary sulfonamides is 1. The Bertz CT molecular complexity index is 759. The molecule has 2 rings (SSSR count). The molecule has 1 atom stereocenters. The second-order valence-electron chi connectivity index (χ2n) is 5.39. The maximum Gasteiger partial charge on any atom is 0.328 e. The van der Waals surface area contributed by atoms with Crippen LogP contribution in [0.5, 0.6) is 0 Å². The molecule has 126 valence electrons. The van der Waals surface area contributed by atoms with Gasteiger partial charge in [-0.3, -0.25) is 4.79 Å². The first-order chi connectivity index (χ1) is 10.6. The van der Waals surface area contributed by atoms with Crippen LogP contribution in [0.1, 0.15) is 21.5 Å². The van der Waals surface area contributed by atoms with Crippen LogP contribution in [0.25, 0.3) is 0 Å². The number of rotatable bonds is 3. The molecule has 1 heterocycles. The average Bonchev–Trinajstić information content (AvgIpc) is 2.47. The van der Waals surface area contributed by atoms with Gasteiger partial charge < -0.3 is 14.7 Å². The van der Waals surface area contributed by atoms with Crippen molar-refractivity contribution in [2.75, 3.05) is 19.8 Å². The van der Waals surface area contributed by atoms with Crippen molar-refractivity contribution >= 4 is 21.9 Å². The minimum atomic E-state index is -3.98. The molecule has 3 N–H and O–H groups in total. The number of morpholine rings is 1. The Labute approximate surface area is 133 Å². The lowest BCUT2D eigenvalue weighted by Gasteiger charge is -2.33. The number of nitrogens with zero attached hydrogens (tertiary/aromatic N) is 1. The third-order valence-electron chi connectivity index (χ3n) is 3.85. The smallest absolute Gasteiger partial charge is 0.328 e. The predicted octanol–water partition coefficient (Wildman–Crippen LogP) is -0.124. The van der Waals surface area contributed by atoms with E-state index in [0.29, 0.717) is 11.1 Å². The Balaban J connectivity index is 2.47. The highest BCUT2D eigenvalue weighted by molar-refractivity contribution is 7.89. The van der Waals surface area contributed by atoms with Crippen molar-refractivity contribution in [3.8, 4) is 0 Å². The summed E-state index contributed by atoms with van der Waals surface area (Å²) in [5, 5.41) is 14.4. The third kappa shape index (κ3) is 3.52. The molecule has 9 heteroatoms. The monoisotopic (exact) mass is 342 g/mol. The first-order valence-corrected chi connectivity index (χ1v) is 8.43. The summed E-state index contributed by atoms with van der Waals surface area (Å²) in [5.74, 6) is -1.73. The van der Waals surface area contributed by atoms with Crippen molar-refractivity contribution in [1.82, 2.24) is 4.90 Å². The molecular formula is C14H18N2O6S. The van der Waals surface area contributed by atoms with Crippen LogP contribution in [-0.2, 0) is 19.6 Å². The SMILES string of the molecule is Cc1cc(C(=O)N2CCOC[C@@H]2C(=O)O)cc(S(N)(=O)=O)c1C. The Hall–Kier alpha value is -1.97. The average molecular weight is 342 g/mol. The summed E-state index contributed by atoms with van der Waals surface area (Å²) in [5.41, 5.74) is 1.13. The Morgan fingerprint density at radius 1 is 1.35 bits per heavy atom. The van der Waals surface area contributed by atoms with Crippen LogP contribution in [-0.4, -0.2) is 56.1 Å². The normalized spacial score (nSPS) is 18.7. The molecule has 0 spiro atoms. The lowest BCUT2D eigenvalue weighted by atomic mass is 10.0. The lowest BCUT2D eigenvalue weighted by Crippen LogP contribution is -2.52. The van der Waals surface area contributed by atoms with Crippen molar-refractivity contribution in [2.45, 2.75) is 24.8 Å². The fraction of sp³-hybridized carbons (Fsp3) is 0.429. The Kier molecular flexibility index (Phi) is 4.73. The van der Waals surface area contributed by atoms with E-state index in [4.69, 9.17) is 9.88 Å². The molecule has 0 bridgehead atoms. The first-order valence-electron chi connectivity index (χ1n) is 6.88. The second kappa shape index (κ2) is 6.26. The summed E-state index contributed by atoms with van der Waals surface area (Å²) in [6.07, 6.45) is 0. The molecule has 23 heavy (non-hydrogen) atoms. The molecule has 1 amide bonds. The largest absolute Gasteiger partial charge is 0.480 e. The van der Waals surface area contributed by atoms with E-state index in [-0.39, 0.29) is 30.2 Å². The zero-order valence-corrected chi connectivity index (χ0v) is 13.6. The van der Waals surface area contributed by atoms with Gasteiger partial charge in [-0.1, -0.05) is 0 Å². The van der Waals surface area contributed by atoms with Gasteiger partial charge in [0.05, 0.1) is 18.1 Å². The fourth-order valence-corrected chi connectivity index (χ4v) is 3.34. The van der Waals surface area contributed by atoms with E-state index in [0.717, 1.165) is 0 Å². The van der Waals surface area contributed by atoms with E-state index in [2.05, 4.69) is 0 Å². The van der Waals surface area contributed by atoms with Gasteiger partial charge in [0.2, 0.25) is 10.0 Å². The summed E-state index contributed by atoms with van der Waals surface area (Å²) >= 11 is 0. The molecule has 0 saturated carbocycles. The molecule has 1 fully saturated rings. The van der Waals surface area contributed by atoms with Crippen LogP contribution in [0.3, 0.4) is 0 Å². The Morgan fingerprint density at radius 2 is 2.00 bits per heavy atom. The number of carboxylic acid groups (broad SMARTS) is 1.